The second-order valence-corrected chi connectivity index (χ2v) is 7.68. The lowest BCUT2D eigenvalue weighted by Crippen LogP contribution is -2.36. The normalized spacial score (nSPS) is 20.3. The molecule has 2 saturated heterocycles. The summed E-state index contributed by atoms with van der Waals surface area (Å²) in [4.78, 5) is 16.0. The number of rotatable bonds is 3. The van der Waals surface area contributed by atoms with Crippen LogP contribution in [0.1, 0.15) is 25.5 Å². The maximum Gasteiger partial charge on any atom is 0.204 e. The summed E-state index contributed by atoms with van der Waals surface area (Å²) < 4.78 is 13.2. The van der Waals surface area contributed by atoms with Gasteiger partial charge in [0.15, 0.2) is 16.6 Å². The highest BCUT2D eigenvalue weighted by atomic mass is 35.5. The van der Waals surface area contributed by atoms with Gasteiger partial charge in [0.25, 0.3) is 0 Å². The van der Waals surface area contributed by atoms with Crippen LogP contribution in [-0.4, -0.2) is 52.4 Å². The van der Waals surface area contributed by atoms with E-state index in [9.17, 15) is 0 Å². The quantitative estimate of drug-likeness (QED) is 0.657. The van der Waals surface area contributed by atoms with E-state index in [1.807, 2.05) is 16.7 Å². The van der Waals surface area contributed by atoms with Crippen molar-refractivity contribution in [1.29, 1.82) is 0 Å². The van der Waals surface area contributed by atoms with Gasteiger partial charge in [-0.25, -0.2) is 15.0 Å². The second-order valence-electron chi connectivity index (χ2n) is 7.32. The molecule has 0 spiro atoms. The summed E-state index contributed by atoms with van der Waals surface area (Å²) in [6.45, 7) is 3.91. The van der Waals surface area contributed by atoms with E-state index in [0.717, 1.165) is 56.8 Å². The number of anilines is 2. The first-order chi connectivity index (χ1) is 14.2. The molecule has 4 heterocycles. The molecular formula is C20H23ClN6O2. The first-order valence-electron chi connectivity index (χ1n) is 9.96. The Morgan fingerprint density at radius 2 is 1.93 bits per heavy atom. The van der Waals surface area contributed by atoms with Gasteiger partial charge in [0, 0.05) is 30.9 Å². The van der Waals surface area contributed by atoms with Crippen LogP contribution in [0.25, 0.3) is 22.6 Å². The van der Waals surface area contributed by atoms with Gasteiger partial charge in [0.05, 0.1) is 13.2 Å². The monoisotopic (exact) mass is 414 g/mol. The van der Waals surface area contributed by atoms with Crippen molar-refractivity contribution in [2.75, 3.05) is 43.5 Å². The van der Waals surface area contributed by atoms with Crippen LogP contribution in [0, 0.1) is 0 Å². The van der Waals surface area contributed by atoms with Gasteiger partial charge in [0.1, 0.15) is 11.7 Å². The molecule has 0 radical (unpaired) electrons. The lowest BCUT2D eigenvalue weighted by atomic mass is 10.1. The SMILES string of the molecule is Nc1nc2c(Cl)nc(-c3cccc(N4CCOCC4)c3)nc2n1C1CCCCO1. The summed E-state index contributed by atoms with van der Waals surface area (Å²) in [5.74, 6) is 0.900. The molecule has 0 aliphatic carbocycles. The zero-order valence-electron chi connectivity index (χ0n) is 16.1. The lowest BCUT2D eigenvalue weighted by molar-refractivity contribution is -0.0284. The minimum absolute atomic E-state index is 0.174. The Kier molecular flexibility index (Phi) is 4.99. The van der Waals surface area contributed by atoms with Gasteiger partial charge < -0.3 is 20.1 Å². The molecule has 152 valence electrons. The number of nitrogens with two attached hydrogens (primary N) is 1. The van der Waals surface area contributed by atoms with E-state index in [-0.39, 0.29) is 6.23 Å². The molecule has 1 atom stereocenters. The van der Waals surface area contributed by atoms with Crippen molar-refractivity contribution in [3.63, 3.8) is 0 Å². The molecule has 0 saturated carbocycles. The van der Waals surface area contributed by atoms with Gasteiger partial charge >= 0.3 is 0 Å². The minimum Gasteiger partial charge on any atom is -0.378 e. The van der Waals surface area contributed by atoms with Crippen LogP contribution in [0.5, 0.6) is 0 Å². The van der Waals surface area contributed by atoms with Crippen LogP contribution in [-0.2, 0) is 9.47 Å². The Morgan fingerprint density at radius 1 is 1.07 bits per heavy atom. The largest absolute Gasteiger partial charge is 0.378 e. The van der Waals surface area contributed by atoms with Crippen molar-refractivity contribution < 1.29 is 9.47 Å². The fraction of sp³-hybridized carbons (Fsp3) is 0.450. The number of nitrogen functional groups attached to an aromatic ring is 1. The predicted octanol–water partition coefficient (Wildman–Crippen LogP) is 3.26. The first kappa shape index (κ1) is 18.6. The fourth-order valence-corrected chi connectivity index (χ4v) is 4.17. The van der Waals surface area contributed by atoms with E-state index in [1.165, 1.54) is 0 Å². The molecule has 0 amide bonds. The number of hydrogen-bond acceptors (Lipinski definition) is 7. The fourth-order valence-electron chi connectivity index (χ4n) is 3.96. The second kappa shape index (κ2) is 7.78. The third-order valence-corrected chi connectivity index (χ3v) is 5.71. The smallest absolute Gasteiger partial charge is 0.204 e. The van der Waals surface area contributed by atoms with Gasteiger partial charge in [0.2, 0.25) is 5.95 Å². The van der Waals surface area contributed by atoms with Crippen LogP contribution in [0.2, 0.25) is 5.15 Å². The number of ether oxygens (including phenoxy) is 2. The Labute approximate surface area is 173 Å². The van der Waals surface area contributed by atoms with Crippen LogP contribution >= 0.6 is 11.6 Å². The van der Waals surface area contributed by atoms with Gasteiger partial charge in [-0.05, 0) is 31.4 Å². The Hall–Kier alpha value is -2.42. The zero-order chi connectivity index (χ0) is 19.8. The van der Waals surface area contributed by atoms with E-state index in [4.69, 9.17) is 31.8 Å². The van der Waals surface area contributed by atoms with E-state index in [1.54, 1.807) is 0 Å². The van der Waals surface area contributed by atoms with Crippen molar-refractivity contribution in [1.82, 2.24) is 19.5 Å². The molecule has 9 heteroatoms. The molecule has 29 heavy (non-hydrogen) atoms. The van der Waals surface area contributed by atoms with Crippen molar-refractivity contribution in [3.05, 3.63) is 29.4 Å². The number of morpholine rings is 1. The van der Waals surface area contributed by atoms with E-state index in [0.29, 0.717) is 34.7 Å². The average Bonchev–Trinajstić information content (AvgIpc) is 3.11. The summed E-state index contributed by atoms with van der Waals surface area (Å²) in [6.07, 6.45) is 2.83. The lowest BCUT2D eigenvalue weighted by Gasteiger charge is -2.29. The number of nitrogens with zero attached hydrogens (tertiary/aromatic N) is 5. The molecule has 2 fully saturated rings. The topological polar surface area (TPSA) is 91.3 Å². The van der Waals surface area contributed by atoms with Crippen molar-refractivity contribution in [2.45, 2.75) is 25.5 Å². The van der Waals surface area contributed by atoms with E-state index in [2.05, 4.69) is 27.0 Å². The summed E-state index contributed by atoms with van der Waals surface area (Å²) >= 11 is 6.47. The highest BCUT2D eigenvalue weighted by Crippen LogP contribution is 2.33. The van der Waals surface area contributed by atoms with Gasteiger partial charge in [-0.2, -0.15) is 0 Å². The highest BCUT2D eigenvalue weighted by Gasteiger charge is 2.24. The van der Waals surface area contributed by atoms with Crippen molar-refractivity contribution >= 4 is 34.4 Å². The summed E-state index contributed by atoms with van der Waals surface area (Å²) in [7, 11) is 0. The minimum atomic E-state index is -0.174. The van der Waals surface area contributed by atoms with Crippen LogP contribution in [0.15, 0.2) is 24.3 Å². The van der Waals surface area contributed by atoms with Gasteiger partial charge in [-0.15, -0.1) is 0 Å². The summed E-state index contributed by atoms with van der Waals surface area (Å²) in [5, 5.41) is 0.294. The maximum absolute atomic E-state index is 6.47. The molecular weight excluding hydrogens is 392 g/mol. The molecule has 2 N–H and O–H groups in total. The van der Waals surface area contributed by atoms with Crippen LogP contribution in [0.4, 0.5) is 11.6 Å². The molecule has 1 aromatic carbocycles. The predicted molar refractivity (Wildman–Crippen MR) is 112 cm³/mol. The number of imidazole rings is 1. The van der Waals surface area contributed by atoms with Crippen LogP contribution in [0.3, 0.4) is 0 Å². The molecule has 3 aromatic rings. The zero-order valence-corrected chi connectivity index (χ0v) is 16.8. The first-order valence-corrected chi connectivity index (χ1v) is 10.3. The Balaban J connectivity index is 1.57. The number of hydrogen-bond donors (Lipinski definition) is 1. The summed E-state index contributed by atoms with van der Waals surface area (Å²) in [5.41, 5.74) is 9.33. The molecule has 0 bridgehead atoms. The third kappa shape index (κ3) is 3.52. The van der Waals surface area contributed by atoms with Crippen LogP contribution < -0.4 is 10.6 Å². The number of aromatic nitrogens is 4. The Morgan fingerprint density at radius 3 is 2.72 bits per heavy atom. The van der Waals surface area contributed by atoms with Gasteiger partial charge in [-0.1, -0.05) is 23.7 Å². The molecule has 1 unspecified atom stereocenters. The Bertz CT molecular complexity index is 1030. The number of halogens is 1. The van der Waals surface area contributed by atoms with Crippen molar-refractivity contribution in [3.8, 4) is 11.4 Å². The van der Waals surface area contributed by atoms with Gasteiger partial charge in [-0.3, -0.25) is 4.57 Å². The molecule has 2 aliphatic rings. The maximum atomic E-state index is 6.47. The third-order valence-electron chi connectivity index (χ3n) is 5.45. The van der Waals surface area contributed by atoms with E-state index < -0.39 is 0 Å². The molecule has 2 aliphatic heterocycles. The van der Waals surface area contributed by atoms with E-state index >= 15 is 0 Å². The van der Waals surface area contributed by atoms with Crippen molar-refractivity contribution in [2.24, 2.45) is 0 Å². The number of fused-ring (bicyclic) bond motifs is 1. The average molecular weight is 415 g/mol. The standard InChI is InChI=1S/C20H23ClN6O2/c21-17-16-19(27(20(22)23-16)15-6-1-2-9-29-15)25-18(24-17)13-4-3-5-14(12-13)26-7-10-28-11-8-26/h3-5,12,15H,1-2,6-11H2,(H2,22,23). The molecule has 2 aromatic heterocycles. The molecule has 8 nitrogen and oxygen atoms in total. The number of benzene rings is 1. The highest BCUT2D eigenvalue weighted by molar-refractivity contribution is 6.33. The summed E-state index contributed by atoms with van der Waals surface area (Å²) in [6, 6.07) is 8.18. The molecule has 5 rings (SSSR count).